The Bertz CT molecular complexity index is 1520. The van der Waals surface area contributed by atoms with Crippen LogP contribution in [-0.2, 0) is 17.8 Å². The van der Waals surface area contributed by atoms with Gasteiger partial charge in [-0.15, -0.1) is 0 Å². The van der Waals surface area contributed by atoms with E-state index in [4.69, 9.17) is 9.84 Å². The number of aliphatic carboxylic acids is 1. The van der Waals surface area contributed by atoms with Crippen molar-refractivity contribution >= 4 is 33.6 Å². The highest BCUT2D eigenvalue weighted by molar-refractivity contribution is 5.83. The number of benzene rings is 3. The van der Waals surface area contributed by atoms with Gasteiger partial charge in [0, 0.05) is 6.42 Å². The Labute approximate surface area is 182 Å². The van der Waals surface area contributed by atoms with Crippen LogP contribution in [0.3, 0.4) is 0 Å². The van der Waals surface area contributed by atoms with E-state index in [-0.39, 0.29) is 18.5 Å². The molecule has 0 aliphatic rings. The minimum atomic E-state index is -0.982. The summed E-state index contributed by atoms with van der Waals surface area (Å²) in [6.07, 6.45) is -0.136. The van der Waals surface area contributed by atoms with Gasteiger partial charge in [-0.3, -0.25) is 9.59 Å². The minimum Gasteiger partial charge on any atom is -0.492 e. The third-order valence-electron chi connectivity index (χ3n) is 5.38. The Morgan fingerprint density at radius 3 is 2.53 bits per heavy atom. The second-order valence-electron chi connectivity index (χ2n) is 7.47. The molecule has 0 amide bonds. The quantitative estimate of drug-likeness (QED) is 0.427. The highest BCUT2D eigenvalue weighted by Crippen LogP contribution is 2.22. The Hall–Kier alpha value is -4.20. The molecule has 8 heteroatoms. The number of aromatic nitrogens is 4. The van der Waals surface area contributed by atoms with Crippen LogP contribution in [0.15, 0.2) is 71.5 Å². The van der Waals surface area contributed by atoms with Gasteiger partial charge >= 0.3 is 5.97 Å². The normalized spacial score (nSPS) is 11.4. The standard InChI is InChI=1S/C24H20N4O4/c29-22(30)12-11-19-23(31)25-24-27(20-7-3-4-8-21(20)28(24)26-19)13-14-32-18-10-9-16-5-1-2-6-17(16)15-18/h1-10,15H,11-14H2,(H,29,30). The smallest absolute Gasteiger partial charge is 0.303 e. The van der Waals surface area contributed by atoms with Crippen molar-refractivity contribution in [1.29, 1.82) is 0 Å². The van der Waals surface area contributed by atoms with E-state index in [1.165, 1.54) is 0 Å². The lowest BCUT2D eigenvalue weighted by Gasteiger charge is -2.09. The molecule has 0 saturated heterocycles. The zero-order chi connectivity index (χ0) is 22.1. The fourth-order valence-electron chi connectivity index (χ4n) is 3.84. The van der Waals surface area contributed by atoms with E-state index in [9.17, 15) is 9.59 Å². The largest absolute Gasteiger partial charge is 0.492 e. The fourth-order valence-corrected chi connectivity index (χ4v) is 3.84. The predicted molar refractivity (Wildman–Crippen MR) is 120 cm³/mol. The number of nitrogens with zero attached hydrogens (tertiary/aromatic N) is 4. The average molecular weight is 428 g/mol. The van der Waals surface area contributed by atoms with Gasteiger partial charge in [-0.05, 0) is 35.0 Å². The summed E-state index contributed by atoms with van der Waals surface area (Å²) in [5.74, 6) is 0.186. The molecule has 5 rings (SSSR count). The van der Waals surface area contributed by atoms with Crippen molar-refractivity contribution in [2.24, 2.45) is 0 Å². The topological polar surface area (TPSA) is 98.7 Å². The first kappa shape index (κ1) is 19.7. The molecule has 0 bridgehead atoms. The number of rotatable bonds is 7. The molecule has 8 nitrogen and oxygen atoms in total. The first-order chi connectivity index (χ1) is 15.6. The highest BCUT2D eigenvalue weighted by atomic mass is 16.5. The lowest BCUT2D eigenvalue weighted by Crippen LogP contribution is -2.21. The van der Waals surface area contributed by atoms with E-state index < -0.39 is 11.5 Å². The number of hydrogen-bond donors (Lipinski definition) is 1. The second-order valence-corrected chi connectivity index (χ2v) is 7.47. The minimum absolute atomic E-state index is 0.0364. The molecule has 0 unspecified atom stereocenters. The van der Waals surface area contributed by atoms with Gasteiger partial charge in [0.15, 0.2) is 0 Å². The molecule has 2 aromatic heterocycles. The fraction of sp³-hybridized carbons (Fsp3) is 0.167. The van der Waals surface area contributed by atoms with Crippen LogP contribution >= 0.6 is 0 Å². The Balaban J connectivity index is 1.46. The van der Waals surface area contributed by atoms with Gasteiger partial charge in [-0.2, -0.15) is 14.6 Å². The molecule has 0 aliphatic heterocycles. The lowest BCUT2D eigenvalue weighted by atomic mass is 10.1. The Kier molecular flexibility index (Phi) is 5.03. The number of carboxylic acid groups (broad SMARTS) is 1. The summed E-state index contributed by atoms with van der Waals surface area (Å²) in [6, 6.07) is 21.7. The second kappa shape index (κ2) is 8.14. The summed E-state index contributed by atoms with van der Waals surface area (Å²) < 4.78 is 9.48. The van der Waals surface area contributed by atoms with Crippen molar-refractivity contribution in [1.82, 2.24) is 19.2 Å². The number of para-hydroxylation sites is 2. The molecule has 160 valence electrons. The third kappa shape index (κ3) is 3.66. The molecular formula is C24H20N4O4. The maximum Gasteiger partial charge on any atom is 0.303 e. The van der Waals surface area contributed by atoms with Crippen molar-refractivity contribution in [2.75, 3.05) is 6.61 Å². The zero-order valence-electron chi connectivity index (χ0n) is 17.1. The van der Waals surface area contributed by atoms with Crippen molar-refractivity contribution in [3.63, 3.8) is 0 Å². The summed E-state index contributed by atoms with van der Waals surface area (Å²) in [6.45, 7) is 0.843. The first-order valence-corrected chi connectivity index (χ1v) is 10.3. The van der Waals surface area contributed by atoms with Gasteiger partial charge < -0.3 is 14.4 Å². The predicted octanol–water partition coefficient (Wildman–Crippen LogP) is 3.29. The highest BCUT2D eigenvalue weighted by Gasteiger charge is 2.16. The number of imidazole rings is 1. The zero-order valence-corrected chi connectivity index (χ0v) is 17.1. The number of fused-ring (bicyclic) bond motifs is 4. The summed E-state index contributed by atoms with van der Waals surface area (Å²) in [5, 5.41) is 15.6. The number of carbonyl (C=O) groups is 1. The van der Waals surface area contributed by atoms with Gasteiger partial charge in [0.1, 0.15) is 18.1 Å². The first-order valence-electron chi connectivity index (χ1n) is 10.3. The number of ether oxygens (including phenoxy) is 1. The molecule has 1 N–H and O–H groups in total. The molecular weight excluding hydrogens is 408 g/mol. The molecule has 32 heavy (non-hydrogen) atoms. The molecule has 0 fully saturated rings. The van der Waals surface area contributed by atoms with Gasteiger partial charge in [-0.25, -0.2) is 0 Å². The molecule has 0 atom stereocenters. The van der Waals surface area contributed by atoms with Crippen LogP contribution in [0.25, 0.3) is 27.6 Å². The number of carboxylic acids is 1. The molecule has 0 spiro atoms. The van der Waals surface area contributed by atoms with E-state index in [1.54, 1.807) is 4.52 Å². The van der Waals surface area contributed by atoms with E-state index in [0.29, 0.717) is 18.9 Å². The molecule has 2 heterocycles. The van der Waals surface area contributed by atoms with E-state index in [1.807, 2.05) is 65.2 Å². The third-order valence-corrected chi connectivity index (χ3v) is 5.38. The molecule has 5 aromatic rings. The molecule has 0 aliphatic carbocycles. The Morgan fingerprint density at radius 2 is 1.72 bits per heavy atom. The van der Waals surface area contributed by atoms with E-state index in [0.717, 1.165) is 27.6 Å². The van der Waals surface area contributed by atoms with Crippen LogP contribution in [0.4, 0.5) is 0 Å². The number of aryl methyl sites for hydroxylation is 1. The van der Waals surface area contributed by atoms with Gasteiger partial charge in [-0.1, -0.05) is 42.5 Å². The SMILES string of the molecule is O=C(O)CCc1nn2c3ccccc3n(CCOc3ccc4ccccc4c3)c2nc1=O. The molecule has 0 radical (unpaired) electrons. The maximum atomic E-state index is 12.5. The van der Waals surface area contributed by atoms with E-state index >= 15 is 0 Å². The van der Waals surface area contributed by atoms with Crippen LogP contribution in [0.2, 0.25) is 0 Å². The summed E-state index contributed by atoms with van der Waals surface area (Å²) in [7, 11) is 0. The summed E-state index contributed by atoms with van der Waals surface area (Å²) in [5.41, 5.74) is 1.28. The summed E-state index contributed by atoms with van der Waals surface area (Å²) >= 11 is 0. The van der Waals surface area contributed by atoms with Gasteiger partial charge in [0.2, 0.25) is 5.78 Å². The maximum absolute atomic E-state index is 12.5. The summed E-state index contributed by atoms with van der Waals surface area (Å²) in [4.78, 5) is 27.6. The van der Waals surface area contributed by atoms with E-state index in [2.05, 4.69) is 16.1 Å². The van der Waals surface area contributed by atoms with Crippen LogP contribution in [0.1, 0.15) is 12.1 Å². The monoisotopic (exact) mass is 428 g/mol. The van der Waals surface area contributed by atoms with Crippen LogP contribution < -0.4 is 10.3 Å². The van der Waals surface area contributed by atoms with Crippen molar-refractivity contribution < 1.29 is 14.6 Å². The van der Waals surface area contributed by atoms with Gasteiger partial charge in [0.05, 0.1) is 24.0 Å². The molecule has 3 aromatic carbocycles. The van der Waals surface area contributed by atoms with Crippen molar-refractivity contribution in [3.05, 3.63) is 82.8 Å². The van der Waals surface area contributed by atoms with Crippen molar-refractivity contribution in [2.45, 2.75) is 19.4 Å². The van der Waals surface area contributed by atoms with Gasteiger partial charge in [0.25, 0.3) is 5.56 Å². The van der Waals surface area contributed by atoms with Crippen molar-refractivity contribution in [3.8, 4) is 5.75 Å². The Morgan fingerprint density at radius 1 is 0.969 bits per heavy atom. The number of hydrogen-bond acceptors (Lipinski definition) is 5. The molecule has 0 saturated carbocycles. The average Bonchev–Trinajstić information content (AvgIpc) is 3.10. The van der Waals surface area contributed by atoms with Crippen LogP contribution in [0.5, 0.6) is 5.75 Å². The lowest BCUT2D eigenvalue weighted by molar-refractivity contribution is -0.136. The van der Waals surface area contributed by atoms with Crippen LogP contribution in [0, 0.1) is 0 Å². The van der Waals surface area contributed by atoms with Crippen LogP contribution in [-0.4, -0.2) is 36.8 Å².